The summed E-state index contributed by atoms with van der Waals surface area (Å²) in [6.45, 7) is 2.55. The van der Waals surface area contributed by atoms with Crippen LogP contribution in [0, 0.1) is 5.41 Å². The molecule has 0 bridgehead atoms. The molecule has 0 spiro atoms. The molecular weight excluding hydrogens is 273 g/mol. The van der Waals surface area contributed by atoms with Crippen molar-refractivity contribution in [1.82, 2.24) is 10.2 Å². The third kappa shape index (κ3) is 2.18. The van der Waals surface area contributed by atoms with E-state index in [1.54, 1.807) is 23.1 Å². The quantitative estimate of drug-likeness (QED) is 0.878. The molecule has 1 atom stereocenters. The molecule has 18 heavy (non-hydrogen) atoms. The van der Waals surface area contributed by atoms with Crippen molar-refractivity contribution in [1.29, 1.82) is 5.41 Å². The van der Waals surface area contributed by atoms with Gasteiger partial charge in [0.05, 0.1) is 10.0 Å². The Balaban J connectivity index is 2.44. The molecule has 2 amide bonds. The first-order valence-electron chi connectivity index (χ1n) is 5.66. The molecule has 1 saturated heterocycles. The van der Waals surface area contributed by atoms with Crippen LogP contribution >= 0.6 is 23.2 Å². The molecule has 2 rings (SSSR count). The second-order valence-corrected chi connectivity index (χ2v) is 4.87. The van der Waals surface area contributed by atoms with Gasteiger partial charge in [-0.05, 0) is 12.5 Å². The first-order valence-corrected chi connectivity index (χ1v) is 6.41. The average Bonchev–Trinajstić information content (AvgIpc) is 2.59. The van der Waals surface area contributed by atoms with E-state index in [-0.39, 0.29) is 11.9 Å². The first-order chi connectivity index (χ1) is 8.56. The van der Waals surface area contributed by atoms with Crippen LogP contribution < -0.4 is 5.32 Å². The molecule has 0 aliphatic carbocycles. The van der Waals surface area contributed by atoms with Crippen molar-refractivity contribution in [2.45, 2.75) is 19.4 Å². The highest BCUT2D eigenvalue weighted by Crippen LogP contribution is 2.35. The standard InChI is InChI=1S/C12H13Cl2N3O/c1-2-6-17-10(11(15)16-12(17)18)7-4-3-5-8(13)9(7)14/h3-5,10H,2,6H2,1H3,(H2,15,16,18). The summed E-state index contributed by atoms with van der Waals surface area (Å²) < 4.78 is 0. The number of carbonyl (C=O) groups is 1. The van der Waals surface area contributed by atoms with Gasteiger partial charge < -0.3 is 4.90 Å². The van der Waals surface area contributed by atoms with Crippen LogP contribution in [0.15, 0.2) is 18.2 Å². The number of benzene rings is 1. The van der Waals surface area contributed by atoms with E-state index in [1.165, 1.54) is 0 Å². The summed E-state index contributed by atoms with van der Waals surface area (Å²) in [5.41, 5.74) is 0.681. The lowest BCUT2D eigenvalue weighted by Crippen LogP contribution is -2.30. The van der Waals surface area contributed by atoms with Crippen LogP contribution in [-0.2, 0) is 0 Å². The fourth-order valence-corrected chi connectivity index (χ4v) is 2.47. The second-order valence-electron chi connectivity index (χ2n) is 4.08. The predicted octanol–water partition coefficient (Wildman–Crippen LogP) is 3.45. The third-order valence-corrected chi connectivity index (χ3v) is 3.66. The van der Waals surface area contributed by atoms with Crippen molar-refractivity contribution < 1.29 is 4.79 Å². The van der Waals surface area contributed by atoms with Gasteiger partial charge in [-0.3, -0.25) is 10.7 Å². The molecular formula is C12H13Cl2N3O. The number of nitrogens with one attached hydrogen (secondary N) is 2. The summed E-state index contributed by atoms with van der Waals surface area (Å²) in [5.74, 6) is 0.137. The molecule has 0 saturated carbocycles. The number of nitrogens with zero attached hydrogens (tertiary/aromatic N) is 1. The fraction of sp³-hybridized carbons (Fsp3) is 0.333. The molecule has 0 aromatic heterocycles. The molecule has 4 nitrogen and oxygen atoms in total. The lowest BCUT2D eigenvalue weighted by atomic mass is 10.1. The van der Waals surface area contributed by atoms with Crippen molar-refractivity contribution in [3.05, 3.63) is 33.8 Å². The zero-order chi connectivity index (χ0) is 13.3. The molecule has 1 fully saturated rings. The van der Waals surface area contributed by atoms with Gasteiger partial charge in [0.1, 0.15) is 11.9 Å². The smallest absolute Gasteiger partial charge is 0.310 e. The van der Waals surface area contributed by atoms with E-state index >= 15 is 0 Å². The Hall–Kier alpha value is -1.26. The normalized spacial score (nSPS) is 19.3. The number of carbonyl (C=O) groups excluding carboxylic acids is 1. The molecule has 1 unspecified atom stereocenters. The maximum Gasteiger partial charge on any atom is 0.323 e. The summed E-state index contributed by atoms with van der Waals surface area (Å²) in [5, 5.41) is 11.2. The Labute approximate surface area is 115 Å². The average molecular weight is 286 g/mol. The Bertz CT molecular complexity index is 504. The molecule has 1 aliphatic heterocycles. The van der Waals surface area contributed by atoms with E-state index in [1.807, 2.05) is 6.92 Å². The van der Waals surface area contributed by atoms with Crippen molar-refractivity contribution >= 4 is 35.1 Å². The second kappa shape index (κ2) is 5.16. The molecule has 1 aromatic rings. The number of hydrogen-bond donors (Lipinski definition) is 2. The van der Waals surface area contributed by atoms with Crippen LogP contribution in [0.5, 0.6) is 0 Å². The van der Waals surface area contributed by atoms with Crippen LogP contribution in [0.2, 0.25) is 10.0 Å². The summed E-state index contributed by atoms with van der Waals surface area (Å²) in [4.78, 5) is 13.3. The van der Waals surface area contributed by atoms with E-state index < -0.39 is 6.04 Å². The number of hydrogen-bond acceptors (Lipinski definition) is 2. The minimum atomic E-state index is -0.469. The highest BCUT2D eigenvalue weighted by Gasteiger charge is 2.37. The molecule has 1 aliphatic rings. The Morgan fingerprint density at radius 1 is 1.44 bits per heavy atom. The van der Waals surface area contributed by atoms with Crippen LogP contribution in [-0.4, -0.2) is 23.3 Å². The SMILES string of the molecule is CCCN1C(=O)NC(=N)C1c1cccc(Cl)c1Cl. The van der Waals surface area contributed by atoms with Crippen LogP contribution in [0.4, 0.5) is 4.79 Å². The Morgan fingerprint density at radius 2 is 2.17 bits per heavy atom. The van der Waals surface area contributed by atoms with E-state index in [0.29, 0.717) is 22.2 Å². The molecule has 0 radical (unpaired) electrons. The first kappa shape index (κ1) is 13.2. The van der Waals surface area contributed by atoms with Crippen LogP contribution in [0.3, 0.4) is 0 Å². The van der Waals surface area contributed by atoms with E-state index in [9.17, 15) is 4.79 Å². The number of rotatable bonds is 3. The van der Waals surface area contributed by atoms with Crippen LogP contribution in [0.25, 0.3) is 0 Å². The molecule has 2 N–H and O–H groups in total. The molecule has 6 heteroatoms. The minimum absolute atomic E-state index is 0.137. The van der Waals surface area contributed by atoms with E-state index in [2.05, 4.69) is 5.32 Å². The highest BCUT2D eigenvalue weighted by atomic mass is 35.5. The lowest BCUT2D eigenvalue weighted by Gasteiger charge is -2.23. The van der Waals surface area contributed by atoms with E-state index in [4.69, 9.17) is 28.6 Å². The minimum Gasteiger partial charge on any atom is -0.310 e. The van der Waals surface area contributed by atoms with Crippen molar-refractivity contribution in [3.8, 4) is 0 Å². The largest absolute Gasteiger partial charge is 0.323 e. The topological polar surface area (TPSA) is 56.2 Å². The number of urea groups is 1. The zero-order valence-corrected chi connectivity index (χ0v) is 11.3. The van der Waals surface area contributed by atoms with Gasteiger partial charge in [0, 0.05) is 12.1 Å². The monoisotopic (exact) mass is 285 g/mol. The summed E-state index contributed by atoms with van der Waals surface area (Å²) >= 11 is 12.1. The van der Waals surface area contributed by atoms with Gasteiger partial charge in [0.15, 0.2) is 0 Å². The van der Waals surface area contributed by atoms with Gasteiger partial charge in [-0.2, -0.15) is 0 Å². The summed E-state index contributed by atoms with van der Waals surface area (Å²) in [6.07, 6.45) is 0.815. The molecule has 1 heterocycles. The van der Waals surface area contributed by atoms with Gasteiger partial charge in [0.2, 0.25) is 0 Å². The van der Waals surface area contributed by atoms with E-state index in [0.717, 1.165) is 6.42 Å². The highest BCUT2D eigenvalue weighted by molar-refractivity contribution is 6.42. The lowest BCUT2D eigenvalue weighted by molar-refractivity contribution is 0.206. The Kier molecular flexibility index (Phi) is 3.78. The fourth-order valence-electron chi connectivity index (χ4n) is 2.06. The number of halogens is 2. The summed E-state index contributed by atoms with van der Waals surface area (Å²) in [7, 11) is 0. The number of amides is 2. The van der Waals surface area contributed by atoms with Gasteiger partial charge in [-0.15, -0.1) is 0 Å². The Morgan fingerprint density at radius 3 is 2.83 bits per heavy atom. The maximum atomic E-state index is 11.8. The molecule has 96 valence electrons. The summed E-state index contributed by atoms with van der Waals surface area (Å²) in [6, 6.07) is 4.51. The van der Waals surface area contributed by atoms with Gasteiger partial charge in [0.25, 0.3) is 0 Å². The van der Waals surface area contributed by atoms with Crippen molar-refractivity contribution in [2.24, 2.45) is 0 Å². The third-order valence-electron chi connectivity index (χ3n) is 2.83. The van der Waals surface area contributed by atoms with Gasteiger partial charge >= 0.3 is 6.03 Å². The zero-order valence-electron chi connectivity index (χ0n) is 9.84. The van der Waals surface area contributed by atoms with Crippen molar-refractivity contribution in [2.75, 3.05) is 6.54 Å². The van der Waals surface area contributed by atoms with Gasteiger partial charge in [-0.25, -0.2) is 4.79 Å². The van der Waals surface area contributed by atoms with Gasteiger partial charge in [-0.1, -0.05) is 42.3 Å². The van der Waals surface area contributed by atoms with Crippen molar-refractivity contribution in [3.63, 3.8) is 0 Å². The van der Waals surface area contributed by atoms with Crippen LogP contribution in [0.1, 0.15) is 24.9 Å². The molecule has 1 aromatic carbocycles. The maximum absolute atomic E-state index is 11.8. The number of amidine groups is 1. The predicted molar refractivity (Wildman–Crippen MR) is 72.5 cm³/mol.